The average Bonchev–Trinajstić information content (AvgIpc) is 2.11. The standard InChI is InChI=1S/C10H14N2O2/c1-6-2-3-7(4-9(6)12)8(5-11)10(13)14/h2-4,8H,5,11-12H2,1H3,(H,13,14). The molecule has 1 aromatic rings. The van der Waals surface area contributed by atoms with E-state index in [1.165, 1.54) is 0 Å². The van der Waals surface area contributed by atoms with E-state index in [9.17, 15) is 4.79 Å². The van der Waals surface area contributed by atoms with E-state index in [0.717, 1.165) is 5.56 Å². The molecule has 0 saturated carbocycles. The number of hydrogen-bond acceptors (Lipinski definition) is 3. The van der Waals surface area contributed by atoms with Crippen LogP contribution in [-0.2, 0) is 4.79 Å². The number of carboxylic acids is 1. The fourth-order valence-electron chi connectivity index (χ4n) is 1.26. The predicted octanol–water partition coefficient (Wildman–Crippen LogP) is 0.704. The molecule has 1 aromatic carbocycles. The minimum absolute atomic E-state index is 0.0812. The van der Waals surface area contributed by atoms with Crippen molar-refractivity contribution in [3.63, 3.8) is 0 Å². The molecule has 4 heteroatoms. The molecule has 0 spiro atoms. The van der Waals surface area contributed by atoms with E-state index in [4.69, 9.17) is 16.6 Å². The molecule has 5 N–H and O–H groups in total. The van der Waals surface area contributed by atoms with Gasteiger partial charge < -0.3 is 16.6 Å². The van der Waals surface area contributed by atoms with Crippen molar-refractivity contribution in [2.24, 2.45) is 5.73 Å². The molecule has 14 heavy (non-hydrogen) atoms. The van der Waals surface area contributed by atoms with Crippen molar-refractivity contribution in [3.05, 3.63) is 29.3 Å². The van der Waals surface area contributed by atoms with Crippen molar-refractivity contribution in [1.29, 1.82) is 0 Å². The quantitative estimate of drug-likeness (QED) is 0.618. The highest BCUT2D eigenvalue weighted by Gasteiger charge is 2.17. The lowest BCUT2D eigenvalue weighted by molar-refractivity contribution is -0.138. The van der Waals surface area contributed by atoms with E-state index in [2.05, 4.69) is 0 Å². The highest BCUT2D eigenvalue weighted by atomic mass is 16.4. The molecular formula is C10H14N2O2. The van der Waals surface area contributed by atoms with Gasteiger partial charge in [0.1, 0.15) is 0 Å². The first-order valence-corrected chi connectivity index (χ1v) is 4.35. The summed E-state index contributed by atoms with van der Waals surface area (Å²) in [7, 11) is 0. The monoisotopic (exact) mass is 194 g/mol. The summed E-state index contributed by atoms with van der Waals surface area (Å²) in [5, 5.41) is 8.87. The molecule has 1 rings (SSSR count). The maximum absolute atomic E-state index is 10.8. The Labute approximate surface area is 82.5 Å². The van der Waals surface area contributed by atoms with Gasteiger partial charge in [0.25, 0.3) is 0 Å². The number of carboxylic acid groups (broad SMARTS) is 1. The van der Waals surface area contributed by atoms with E-state index >= 15 is 0 Å². The number of carbonyl (C=O) groups is 1. The van der Waals surface area contributed by atoms with Crippen molar-refractivity contribution in [3.8, 4) is 0 Å². The fourth-order valence-corrected chi connectivity index (χ4v) is 1.26. The van der Waals surface area contributed by atoms with Crippen LogP contribution in [0.1, 0.15) is 17.0 Å². The van der Waals surface area contributed by atoms with Crippen molar-refractivity contribution >= 4 is 11.7 Å². The molecule has 1 atom stereocenters. The maximum atomic E-state index is 10.8. The molecule has 0 saturated heterocycles. The Morgan fingerprint density at radius 1 is 1.57 bits per heavy atom. The summed E-state index contributed by atoms with van der Waals surface area (Å²) < 4.78 is 0. The summed E-state index contributed by atoms with van der Waals surface area (Å²) in [6.07, 6.45) is 0. The van der Waals surface area contributed by atoms with Gasteiger partial charge in [0, 0.05) is 12.2 Å². The number of hydrogen-bond donors (Lipinski definition) is 3. The van der Waals surface area contributed by atoms with Gasteiger partial charge in [0.05, 0.1) is 5.92 Å². The maximum Gasteiger partial charge on any atom is 0.312 e. The molecular weight excluding hydrogens is 180 g/mol. The Morgan fingerprint density at radius 3 is 2.64 bits per heavy atom. The predicted molar refractivity (Wildman–Crippen MR) is 55.0 cm³/mol. The Hall–Kier alpha value is -1.55. The van der Waals surface area contributed by atoms with Crippen molar-refractivity contribution in [1.82, 2.24) is 0 Å². The molecule has 0 fully saturated rings. The summed E-state index contributed by atoms with van der Waals surface area (Å²) in [5.74, 6) is -1.59. The Balaban J connectivity index is 3.06. The van der Waals surface area contributed by atoms with Gasteiger partial charge in [0.2, 0.25) is 0 Å². The van der Waals surface area contributed by atoms with Crippen LogP contribution in [0.2, 0.25) is 0 Å². The van der Waals surface area contributed by atoms with Gasteiger partial charge in [-0.3, -0.25) is 4.79 Å². The van der Waals surface area contributed by atoms with Gasteiger partial charge >= 0.3 is 5.97 Å². The summed E-state index contributed by atoms with van der Waals surface area (Å²) in [5.41, 5.74) is 13.2. The molecule has 0 aromatic heterocycles. The zero-order valence-corrected chi connectivity index (χ0v) is 8.03. The number of aryl methyl sites for hydroxylation is 1. The fraction of sp³-hybridized carbons (Fsp3) is 0.300. The van der Waals surface area contributed by atoms with Gasteiger partial charge in [-0.05, 0) is 24.1 Å². The van der Waals surface area contributed by atoms with Gasteiger partial charge in [0.15, 0.2) is 0 Å². The van der Waals surface area contributed by atoms with Crippen LogP contribution in [-0.4, -0.2) is 17.6 Å². The zero-order valence-electron chi connectivity index (χ0n) is 8.03. The largest absolute Gasteiger partial charge is 0.481 e. The van der Waals surface area contributed by atoms with Crippen LogP contribution in [0, 0.1) is 6.92 Å². The zero-order chi connectivity index (χ0) is 10.7. The topological polar surface area (TPSA) is 89.3 Å². The first-order valence-electron chi connectivity index (χ1n) is 4.35. The Kier molecular flexibility index (Phi) is 3.09. The second kappa shape index (κ2) is 4.11. The molecule has 1 unspecified atom stereocenters. The first-order chi connectivity index (χ1) is 6.56. The number of benzene rings is 1. The Morgan fingerprint density at radius 2 is 2.21 bits per heavy atom. The minimum atomic E-state index is -0.921. The Bertz CT molecular complexity index is 350. The summed E-state index contributed by atoms with van der Waals surface area (Å²) in [4.78, 5) is 10.8. The molecule has 76 valence electrons. The third kappa shape index (κ3) is 2.03. The first kappa shape index (κ1) is 10.5. The normalized spacial score (nSPS) is 12.4. The van der Waals surface area contributed by atoms with Crippen LogP contribution in [0.3, 0.4) is 0 Å². The summed E-state index contributed by atoms with van der Waals surface area (Å²) >= 11 is 0. The van der Waals surface area contributed by atoms with Gasteiger partial charge in [-0.25, -0.2) is 0 Å². The van der Waals surface area contributed by atoms with Crippen LogP contribution >= 0.6 is 0 Å². The molecule has 0 radical (unpaired) electrons. The number of aliphatic carboxylic acids is 1. The van der Waals surface area contributed by atoms with E-state index in [0.29, 0.717) is 11.3 Å². The van der Waals surface area contributed by atoms with Crippen LogP contribution in [0.5, 0.6) is 0 Å². The molecule has 0 aliphatic heterocycles. The molecule has 0 heterocycles. The number of nitrogens with two attached hydrogens (primary N) is 2. The lowest BCUT2D eigenvalue weighted by atomic mass is 9.97. The average molecular weight is 194 g/mol. The van der Waals surface area contributed by atoms with E-state index in [1.54, 1.807) is 18.2 Å². The second-order valence-electron chi connectivity index (χ2n) is 3.24. The van der Waals surface area contributed by atoms with E-state index < -0.39 is 11.9 Å². The molecule has 0 bridgehead atoms. The molecule has 0 aliphatic carbocycles. The highest BCUT2D eigenvalue weighted by molar-refractivity contribution is 5.77. The van der Waals surface area contributed by atoms with Gasteiger partial charge in [-0.1, -0.05) is 12.1 Å². The number of anilines is 1. The number of nitrogen functional groups attached to an aromatic ring is 1. The minimum Gasteiger partial charge on any atom is -0.481 e. The lowest BCUT2D eigenvalue weighted by Gasteiger charge is -2.11. The third-order valence-electron chi connectivity index (χ3n) is 2.24. The third-order valence-corrected chi connectivity index (χ3v) is 2.24. The smallest absolute Gasteiger partial charge is 0.312 e. The van der Waals surface area contributed by atoms with E-state index in [1.807, 2.05) is 6.92 Å². The SMILES string of the molecule is Cc1ccc(C(CN)C(=O)O)cc1N. The summed E-state index contributed by atoms with van der Waals surface area (Å²) in [6.45, 7) is 1.95. The lowest BCUT2D eigenvalue weighted by Crippen LogP contribution is -2.21. The highest BCUT2D eigenvalue weighted by Crippen LogP contribution is 2.20. The molecule has 0 aliphatic rings. The van der Waals surface area contributed by atoms with Gasteiger partial charge in [-0.15, -0.1) is 0 Å². The molecule has 4 nitrogen and oxygen atoms in total. The van der Waals surface area contributed by atoms with Crippen molar-refractivity contribution < 1.29 is 9.90 Å². The van der Waals surface area contributed by atoms with Crippen LogP contribution in [0.25, 0.3) is 0 Å². The van der Waals surface area contributed by atoms with Crippen LogP contribution in [0.15, 0.2) is 18.2 Å². The van der Waals surface area contributed by atoms with Gasteiger partial charge in [-0.2, -0.15) is 0 Å². The van der Waals surface area contributed by atoms with Crippen molar-refractivity contribution in [2.75, 3.05) is 12.3 Å². The summed E-state index contributed by atoms with van der Waals surface area (Å²) in [6, 6.07) is 5.22. The number of rotatable bonds is 3. The van der Waals surface area contributed by atoms with Crippen LogP contribution < -0.4 is 11.5 Å². The van der Waals surface area contributed by atoms with Crippen LogP contribution in [0.4, 0.5) is 5.69 Å². The molecule has 0 amide bonds. The second-order valence-corrected chi connectivity index (χ2v) is 3.24. The van der Waals surface area contributed by atoms with Crippen molar-refractivity contribution in [2.45, 2.75) is 12.8 Å². The van der Waals surface area contributed by atoms with E-state index in [-0.39, 0.29) is 6.54 Å².